The number of carbonyl (C=O) groups is 1. The van der Waals surface area contributed by atoms with Crippen molar-refractivity contribution in [2.24, 2.45) is 0 Å². The van der Waals surface area contributed by atoms with E-state index in [2.05, 4.69) is 28.4 Å². The lowest BCUT2D eigenvalue weighted by Crippen LogP contribution is -2.31. The molecule has 7 heteroatoms. The molecule has 3 heterocycles. The molecule has 2 aromatic rings. The quantitative estimate of drug-likeness (QED) is 0.872. The first kappa shape index (κ1) is 14.0. The number of ketones is 1. The number of hydrogen-bond acceptors (Lipinski definition) is 6. The molecule has 0 bridgehead atoms. The number of rotatable bonds is 3. The Labute approximate surface area is 136 Å². The summed E-state index contributed by atoms with van der Waals surface area (Å²) in [5.74, 6) is 1.92. The summed E-state index contributed by atoms with van der Waals surface area (Å²) in [7, 11) is 0. The van der Waals surface area contributed by atoms with E-state index in [1.807, 2.05) is 16.1 Å². The lowest BCUT2D eigenvalue weighted by Gasteiger charge is -2.31. The Morgan fingerprint density at radius 1 is 1.50 bits per heavy atom. The summed E-state index contributed by atoms with van der Waals surface area (Å²) in [5.41, 5.74) is 1.90. The molecule has 114 valence electrons. The summed E-state index contributed by atoms with van der Waals surface area (Å²) in [6.45, 7) is 2.08. The molecule has 1 aliphatic carbocycles. The van der Waals surface area contributed by atoms with Crippen LogP contribution in [0.15, 0.2) is 33.9 Å². The molecular weight excluding hydrogens is 316 g/mol. The van der Waals surface area contributed by atoms with E-state index in [9.17, 15) is 4.79 Å². The molecule has 0 saturated carbocycles. The SMILES string of the molecule is CCSc1nc2n(n1)[C@@H](c1cccs1)C1=C(CCCC1=O)N2. The van der Waals surface area contributed by atoms with Crippen molar-refractivity contribution in [1.82, 2.24) is 14.8 Å². The van der Waals surface area contributed by atoms with Crippen molar-refractivity contribution < 1.29 is 4.79 Å². The number of Topliss-reactive ketones (excluding diaryl/α,β-unsaturated/α-hetero) is 1. The third-order valence-corrected chi connectivity index (χ3v) is 5.58. The van der Waals surface area contributed by atoms with E-state index >= 15 is 0 Å². The minimum absolute atomic E-state index is 0.127. The van der Waals surface area contributed by atoms with Crippen LogP contribution >= 0.6 is 23.1 Å². The van der Waals surface area contributed by atoms with Crippen LogP contribution in [0.1, 0.15) is 37.1 Å². The number of allylic oxidation sites excluding steroid dienone is 2. The Kier molecular flexibility index (Phi) is 3.54. The summed E-state index contributed by atoms with van der Waals surface area (Å²) in [6, 6.07) is 3.97. The van der Waals surface area contributed by atoms with Crippen molar-refractivity contribution in [2.45, 2.75) is 37.4 Å². The second kappa shape index (κ2) is 5.55. The van der Waals surface area contributed by atoms with Crippen molar-refractivity contribution in [3.8, 4) is 0 Å². The fourth-order valence-electron chi connectivity index (χ4n) is 3.04. The highest BCUT2D eigenvalue weighted by Crippen LogP contribution is 2.41. The van der Waals surface area contributed by atoms with Gasteiger partial charge in [-0.2, -0.15) is 4.98 Å². The molecule has 0 amide bonds. The molecule has 4 rings (SSSR count). The smallest absolute Gasteiger partial charge is 0.227 e. The van der Waals surface area contributed by atoms with Crippen molar-refractivity contribution in [1.29, 1.82) is 0 Å². The van der Waals surface area contributed by atoms with Gasteiger partial charge in [0.25, 0.3) is 0 Å². The van der Waals surface area contributed by atoms with Crippen molar-refractivity contribution in [3.05, 3.63) is 33.7 Å². The highest BCUT2D eigenvalue weighted by atomic mass is 32.2. The van der Waals surface area contributed by atoms with Gasteiger partial charge in [-0.1, -0.05) is 24.8 Å². The molecule has 1 aliphatic heterocycles. The highest BCUT2D eigenvalue weighted by Gasteiger charge is 2.37. The predicted octanol–water partition coefficient (Wildman–Crippen LogP) is 3.47. The van der Waals surface area contributed by atoms with Crippen LogP contribution in [0.5, 0.6) is 0 Å². The summed E-state index contributed by atoms with van der Waals surface area (Å²) >= 11 is 3.28. The minimum Gasteiger partial charge on any atom is -0.328 e. The lowest BCUT2D eigenvalue weighted by atomic mass is 9.88. The zero-order valence-electron chi connectivity index (χ0n) is 12.2. The van der Waals surface area contributed by atoms with Crippen LogP contribution in [0.2, 0.25) is 0 Å². The van der Waals surface area contributed by atoms with Crippen LogP contribution in [-0.2, 0) is 4.79 Å². The van der Waals surface area contributed by atoms with Gasteiger partial charge < -0.3 is 5.32 Å². The minimum atomic E-state index is -0.127. The zero-order chi connectivity index (χ0) is 15.1. The number of thioether (sulfide) groups is 1. The van der Waals surface area contributed by atoms with Gasteiger partial charge in [0.2, 0.25) is 11.1 Å². The first-order valence-electron chi connectivity index (χ1n) is 7.44. The maximum absolute atomic E-state index is 12.5. The molecule has 5 nitrogen and oxygen atoms in total. The Morgan fingerprint density at radius 2 is 2.41 bits per heavy atom. The topological polar surface area (TPSA) is 59.8 Å². The summed E-state index contributed by atoms with van der Waals surface area (Å²) in [5, 5.41) is 10.8. The van der Waals surface area contributed by atoms with Gasteiger partial charge in [0.05, 0.1) is 0 Å². The summed E-state index contributed by atoms with van der Waals surface area (Å²) in [4.78, 5) is 18.2. The van der Waals surface area contributed by atoms with Gasteiger partial charge in [0.15, 0.2) is 5.78 Å². The van der Waals surface area contributed by atoms with Crippen LogP contribution in [0, 0.1) is 0 Å². The normalized spacial score (nSPS) is 20.6. The van der Waals surface area contributed by atoms with Gasteiger partial charge in [0.1, 0.15) is 6.04 Å². The fraction of sp³-hybridized carbons (Fsp3) is 0.400. The molecule has 2 aliphatic rings. The van der Waals surface area contributed by atoms with Gasteiger partial charge in [0, 0.05) is 22.6 Å². The molecule has 2 aromatic heterocycles. The number of nitrogens with one attached hydrogen (secondary N) is 1. The Morgan fingerprint density at radius 3 is 3.18 bits per heavy atom. The van der Waals surface area contributed by atoms with E-state index in [4.69, 9.17) is 0 Å². The molecule has 0 saturated heterocycles. The zero-order valence-corrected chi connectivity index (χ0v) is 13.8. The Balaban J connectivity index is 1.86. The lowest BCUT2D eigenvalue weighted by molar-refractivity contribution is -0.116. The molecule has 0 aromatic carbocycles. The molecule has 22 heavy (non-hydrogen) atoms. The predicted molar refractivity (Wildman–Crippen MR) is 88.4 cm³/mol. The summed E-state index contributed by atoms with van der Waals surface area (Å²) in [6.07, 6.45) is 2.45. The molecule has 0 unspecified atom stereocenters. The largest absolute Gasteiger partial charge is 0.328 e. The maximum Gasteiger partial charge on any atom is 0.227 e. The fourth-order valence-corrected chi connectivity index (χ4v) is 4.41. The van der Waals surface area contributed by atoms with Gasteiger partial charge in [-0.25, -0.2) is 4.68 Å². The first-order chi connectivity index (χ1) is 10.8. The second-order valence-electron chi connectivity index (χ2n) is 5.31. The monoisotopic (exact) mass is 332 g/mol. The van der Waals surface area contributed by atoms with Crippen molar-refractivity contribution in [3.63, 3.8) is 0 Å². The second-order valence-corrected chi connectivity index (χ2v) is 7.52. The van der Waals surface area contributed by atoms with Crippen LogP contribution in [0.4, 0.5) is 5.95 Å². The average Bonchev–Trinajstić information content (AvgIpc) is 3.14. The van der Waals surface area contributed by atoms with Crippen molar-refractivity contribution in [2.75, 3.05) is 11.1 Å². The van der Waals surface area contributed by atoms with Crippen LogP contribution in [-0.4, -0.2) is 26.3 Å². The van der Waals surface area contributed by atoms with E-state index in [1.165, 1.54) is 0 Å². The van der Waals surface area contributed by atoms with E-state index in [-0.39, 0.29) is 11.8 Å². The Bertz CT molecular complexity index is 748. The molecule has 0 fully saturated rings. The van der Waals surface area contributed by atoms with E-state index in [1.54, 1.807) is 23.1 Å². The maximum atomic E-state index is 12.5. The standard InChI is InChI=1S/C15H16N4OS2/c1-2-21-15-17-14-16-9-5-3-6-10(20)12(9)13(19(14)18-15)11-7-4-8-22-11/h4,7-8,13H,2-3,5-6H2,1H3,(H,16,17,18)/t13-/m0/s1. The van der Waals surface area contributed by atoms with E-state index in [0.717, 1.165) is 45.8 Å². The first-order valence-corrected chi connectivity index (χ1v) is 9.30. The van der Waals surface area contributed by atoms with Gasteiger partial charge in [-0.05, 0) is 30.0 Å². The third kappa shape index (κ3) is 2.19. The molecule has 1 atom stereocenters. The van der Waals surface area contributed by atoms with E-state index in [0.29, 0.717) is 6.42 Å². The summed E-state index contributed by atoms with van der Waals surface area (Å²) < 4.78 is 1.88. The number of carbonyl (C=O) groups excluding carboxylic acids is 1. The number of aromatic nitrogens is 3. The van der Waals surface area contributed by atoms with Crippen LogP contribution in [0.3, 0.4) is 0 Å². The third-order valence-electron chi connectivity index (χ3n) is 3.93. The number of fused-ring (bicyclic) bond motifs is 1. The number of nitrogens with zero attached hydrogens (tertiary/aromatic N) is 3. The van der Waals surface area contributed by atoms with E-state index < -0.39 is 0 Å². The van der Waals surface area contributed by atoms with Crippen LogP contribution < -0.4 is 5.32 Å². The molecule has 0 radical (unpaired) electrons. The molecule has 1 N–H and O–H groups in total. The van der Waals surface area contributed by atoms with Crippen LogP contribution in [0.25, 0.3) is 0 Å². The number of anilines is 1. The highest BCUT2D eigenvalue weighted by molar-refractivity contribution is 7.99. The van der Waals surface area contributed by atoms with Gasteiger partial charge >= 0.3 is 0 Å². The van der Waals surface area contributed by atoms with Crippen molar-refractivity contribution >= 4 is 34.8 Å². The van der Waals surface area contributed by atoms with Gasteiger partial charge in [-0.15, -0.1) is 16.4 Å². The number of hydrogen-bond donors (Lipinski definition) is 1. The average molecular weight is 332 g/mol. The van der Waals surface area contributed by atoms with Gasteiger partial charge in [-0.3, -0.25) is 4.79 Å². The molecular formula is C15H16N4OS2. The Hall–Kier alpha value is -1.60. The molecule has 0 spiro atoms. The number of thiophene rings is 1.